The van der Waals surface area contributed by atoms with Crippen molar-refractivity contribution in [2.75, 3.05) is 0 Å². The lowest BCUT2D eigenvalue weighted by atomic mass is 9.86. The Balaban J connectivity index is 1.45. The normalized spacial score (nSPS) is 11.9. The Bertz CT molecular complexity index is 1720. The van der Waals surface area contributed by atoms with Gasteiger partial charge in [0.15, 0.2) is 0 Å². The maximum Gasteiger partial charge on any atom is -0.0149 e. The fourth-order valence-corrected chi connectivity index (χ4v) is 7.67. The summed E-state index contributed by atoms with van der Waals surface area (Å²) in [5.41, 5.74) is 16.5. The summed E-state index contributed by atoms with van der Waals surface area (Å²) in [6, 6.07) is 42.2. The molecule has 0 saturated carbocycles. The van der Waals surface area contributed by atoms with Crippen LogP contribution in [0.4, 0.5) is 0 Å². The van der Waals surface area contributed by atoms with Crippen LogP contribution in [0.2, 0.25) is 0 Å². The molecule has 1 atom stereocenters. The first kappa shape index (κ1) is 38.3. The Kier molecular flexibility index (Phi) is 15.2. The zero-order chi connectivity index (χ0) is 35.8. The molecule has 0 heteroatoms. The average molecular weight is 677 g/mol. The number of aryl methyl sites for hydroxylation is 3. The van der Waals surface area contributed by atoms with Crippen LogP contribution in [0.3, 0.4) is 0 Å². The Morgan fingerprint density at radius 2 is 0.804 bits per heavy atom. The fourth-order valence-electron chi connectivity index (χ4n) is 7.67. The van der Waals surface area contributed by atoms with Gasteiger partial charge in [0.1, 0.15) is 0 Å². The first-order valence-corrected chi connectivity index (χ1v) is 20.6. The summed E-state index contributed by atoms with van der Waals surface area (Å²) in [4.78, 5) is 0. The molecule has 0 aliphatic rings. The molecule has 0 radical (unpaired) electrons. The summed E-state index contributed by atoms with van der Waals surface area (Å²) in [6.07, 6.45) is 18.9. The molecule has 0 heterocycles. The van der Waals surface area contributed by atoms with Crippen LogP contribution in [-0.2, 0) is 19.3 Å². The lowest BCUT2D eigenvalue weighted by Gasteiger charge is -2.19. The van der Waals surface area contributed by atoms with E-state index in [0.29, 0.717) is 0 Å². The van der Waals surface area contributed by atoms with Crippen LogP contribution in [0.1, 0.15) is 127 Å². The van der Waals surface area contributed by atoms with Crippen molar-refractivity contribution in [1.29, 1.82) is 0 Å². The van der Waals surface area contributed by atoms with E-state index in [1.54, 1.807) is 0 Å². The van der Waals surface area contributed by atoms with Gasteiger partial charge in [-0.25, -0.2) is 0 Å². The summed E-state index contributed by atoms with van der Waals surface area (Å²) < 4.78 is 0. The van der Waals surface area contributed by atoms with E-state index in [0.717, 1.165) is 18.8 Å². The minimum atomic E-state index is 0.798. The minimum absolute atomic E-state index is 0.798. The molecule has 0 N–H and O–H groups in total. The molecule has 0 aromatic heterocycles. The lowest BCUT2D eigenvalue weighted by Crippen LogP contribution is -2.03. The molecule has 0 amide bonds. The second-order valence-corrected chi connectivity index (χ2v) is 15.1. The summed E-state index contributed by atoms with van der Waals surface area (Å²) in [5.74, 6) is 0.798. The Morgan fingerprint density at radius 1 is 0.412 bits per heavy atom. The predicted octanol–water partition coefficient (Wildman–Crippen LogP) is 15.7. The Hall–Kier alpha value is -3.90. The number of unbranched alkanes of at least 4 members (excludes halogenated alkanes) is 7. The van der Waals surface area contributed by atoms with Crippen LogP contribution in [-0.4, -0.2) is 0 Å². The maximum atomic E-state index is 2.57. The first-order chi connectivity index (χ1) is 25.0. The van der Waals surface area contributed by atoms with Gasteiger partial charge in [0.05, 0.1) is 0 Å². The molecule has 0 saturated heterocycles. The third-order valence-electron chi connectivity index (χ3n) is 11.1. The van der Waals surface area contributed by atoms with Gasteiger partial charge in [-0.1, -0.05) is 207 Å². The zero-order valence-electron chi connectivity index (χ0n) is 32.6. The highest BCUT2D eigenvalue weighted by Crippen LogP contribution is 2.36. The Morgan fingerprint density at radius 3 is 1.22 bits per heavy atom. The predicted molar refractivity (Wildman–Crippen MR) is 226 cm³/mol. The summed E-state index contributed by atoms with van der Waals surface area (Å²) in [6.45, 7) is 11.4. The highest BCUT2D eigenvalue weighted by molar-refractivity contribution is 5.79. The van der Waals surface area contributed by atoms with Crippen molar-refractivity contribution in [1.82, 2.24) is 0 Å². The molecular formula is C51H64. The molecule has 51 heavy (non-hydrogen) atoms. The average Bonchev–Trinajstić information content (AvgIpc) is 3.17. The van der Waals surface area contributed by atoms with Crippen LogP contribution < -0.4 is 0 Å². The standard InChI is InChI=1S/C51H64/c1-6-10-13-15-18-48-38-51(47-34-30-45(31-35-47)43-26-22-41(23-27-43)36-40(9-4)17-12-8-3)49(19-16-14-11-7-2)37-50(48)46-32-28-44(29-33-46)42-24-20-39(5)21-25-42/h20-35,37-38,40H,6-19,36H2,1-5H3. The van der Waals surface area contributed by atoms with Gasteiger partial charge in [0.25, 0.3) is 0 Å². The van der Waals surface area contributed by atoms with Crippen LogP contribution in [0.25, 0.3) is 44.5 Å². The van der Waals surface area contributed by atoms with E-state index < -0.39 is 0 Å². The molecule has 0 spiro atoms. The molecule has 0 bridgehead atoms. The van der Waals surface area contributed by atoms with Crippen molar-refractivity contribution < 1.29 is 0 Å². The second kappa shape index (κ2) is 20.2. The van der Waals surface area contributed by atoms with Gasteiger partial charge in [-0.2, -0.15) is 0 Å². The highest BCUT2D eigenvalue weighted by atomic mass is 14.2. The van der Waals surface area contributed by atoms with E-state index in [1.165, 1.54) is 150 Å². The van der Waals surface area contributed by atoms with Crippen molar-refractivity contribution >= 4 is 0 Å². The van der Waals surface area contributed by atoms with Crippen molar-refractivity contribution in [2.24, 2.45) is 5.92 Å². The largest absolute Gasteiger partial charge is 0.0654 e. The summed E-state index contributed by atoms with van der Waals surface area (Å²) >= 11 is 0. The third kappa shape index (κ3) is 11.0. The number of rotatable bonds is 20. The zero-order valence-corrected chi connectivity index (χ0v) is 32.6. The van der Waals surface area contributed by atoms with Crippen molar-refractivity contribution in [3.05, 3.63) is 131 Å². The number of hydrogen-bond donors (Lipinski definition) is 0. The molecule has 268 valence electrons. The second-order valence-electron chi connectivity index (χ2n) is 15.1. The monoisotopic (exact) mass is 677 g/mol. The van der Waals surface area contributed by atoms with Gasteiger partial charge in [-0.15, -0.1) is 0 Å². The Labute approximate surface area is 311 Å². The number of hydrogen-bond acceptors (Lipinski definition) is 0. The first-order valence-electron chi connectivity index (χ1n) is 20.6. The van der Waals surface area contributed by atoms with Crippen molar-refractivity contribution in [3.63, 3.8) is 0 Å². The van der Waals surface area contributed by atoms with Gasteiger partial charge >= 0.3 is 0 Å². The van der Waals surface area contributed by atoms with Crippen LogP contribution in [0.5, 0.6) is 0 Å². The van der Waals surface area contributed by atoms with Gasteiger partial charge < -0.3 is 0 Å². The van der Waals surface area contributed by atoms with E-state index in [9.17, 15) is 0 Å². The van der Waals surface area contributed by atoms with Gasteiger partial charge in [0.2, 0.25) is 0 Å². The summed E-state index contributed by atoms with van der Waals surface area (Å²) in [7, 11) is 0. The van der Waals surface area contributed by atoms with E-state index in [4.69, 9.17) is 0 Å². The molecule has 5 rings (SSSR count). The van der Waals surface area contributed by atoms with Crippen LogP contribution in [0, 0.1) is 12.8 Å². The van der Waals surface area contributed by atoms with Crippen molar-refractivity contribution in [3.8, 4) is 44.5 Å². The molecule has 5 aromatic rings. The molecule has 5 aromatic carbocycles. The SMILES string of the molecule is CCCCCCc1cc(-c2ccc(-c3ccc(CC(CC)CCCC)cc3)cc2)c(CCCCCC)cc1-c1ccc(-c2ccc(C)cc2)cc1. The number of benzene rings is 5. The van der Waals surface area contributed by atoms with E-state index in [-0.39, 0.29) is 0 Å². The highest BCUT2D eigenvalue weighted by Gasteiger charge is 2.15. The van der Waals surface area contributed by atoms with E-state index >= 15 is 0 Å². The fraction of sp³-hybridized carbons (Fsp3) is 0.412. The lowest BCUT2D eigenvalue weighted by molar-refractivity contribution is 0.449. The van der Waals surface area contributed by atoms with Crippen LogP contribution in [0.15, 0.2) is 109 Å². The smallest absolute Gasteiger partial charge is 0.0149 e. The van der Waals surface area contributed by atoms with Crippen LogP contribution >= 0.6 is 0 Å². The summed E-state index contributed by atoms with van der Waals surface area (Å²) in [5, 5.41) is 0. The van der Waals surface area contributed by atoms with Gasteiger partial charge in [-0.3, -0.25) is 0 Å². The minimum Gasteiger partial charge on any atom is -0.0654 e. The van der Waals surface area contributed by atoms with Gasteiger partial charge in [0, 0.05) is 0 Å². The van der Waals surface area contributed by atoms with E-state index in [2.05, 4.69) is 144 Å². The van der Waals surface area contributed by atoms with Crippen molar-refractivity contribution in [2.45, 2.75) is 131 Å². The molecule has 0 fully saturated rings. The molecule has 0 nitrogen and oxygen atoms in total. The molecule has 0 aliphatic carbocycles. The molecule has 1 unspecified atom stereocenters. The van der Waals surface area contributed by atoms with Gasteiger partial charge in [-0.05, 0) is 106 Å². The third-order valence-corrected chi connectivity index (χ3v) is 11.1. The molecule has 0 aliphatic heterocycles. The topological polar surface area (TPSA) is 0 Å². The van der Waals surface area contributed by atoms with E-state index in [1.807, 2.05) is 0 Å². The maximum absolute atomic E-state index is 2.57. The quantitative estimate of drug-likeness (QED) is 0.0720. The molecular weight excluding hydrogens is 613 g/mol.